The first kappa shape index (κ1) is 21.1. The summed E-state index contributed by atoms with van der Waals surface area (Å²) in [6.07, 6.45) is 0. The number of rotatable bonds is 7. The van der Waals surface area contributed by atoms with Crippen molar-refractivity contribution in [3.05, 3.63) is 59.7 Å². The van der Waals surface area contributed by atoms with Crippen molar-refractivity contribution in [2.24, 2.45) is 0 Å². The lowest BCUT2D eigenvalue weighted by molar-refractivity contribution is -0.124. The topological polar surface area (TPSA) is 101 Å². The fourth-order valence-electron chi connectivity index (χ4n) is 2.37. The highest BCUT2D eigenvalue weighted by molar-refractivity contribution is 7.90. The van der Waals surface area contributed by atoms with Crippen molar-refractivity contribution in [1.82, 2.24) is 9.03 Å². The Hall–Kier alpha value is -2.23. The zero-order valence-electron chi connectivity index (χ0n) is 15.3. The van der Waals surface area contributed by atoms with Crippen molar-refractivity contribution in [2.45, 2.75) is 30.6 Å². The van der Waals surface area contributed by atoms with Crippen LogP contribution in [-0.4, -0.2) is 40.1 Å². The minimum Gasteiger partial charge on any atom is -0.274 e. The van der Waals surface area contributed by atoms with E-state index in [1.807, 2.05) is 13.8 Å². The maximum atomic E-state index is 12.7. The van der Waals surface area contributed by atoms with E-state index in [1.165, 1.54) is 24.3 Å². The largest absolute Gasteiger partial charge is 0.274 e. The molecule has 2 aromatic carbocycles. The van der Waals surface area contributed by atoms with Crippen LogP contribution in [0.1, 0.15) is 18.1 Å². The average Bonchev–Trinajstić information content (AvgIpc) is 2.59. The molecule has 0 spiro atoms. The summed E-state index contributed by atoms with van der Waals surface area (Å²) in [6.45, 7) is 4.24. The fourth-order valence-corrected chi connectivity index (χ4v) is 4.79. The lowest BCUT2D eigenvalue weighted by atomic mass is 10.2. The van der Waals surface area contributed by atoms with Crippen molar-refractivity contribution >= 4 is 26.0 Å². The molecule has 0 atom stereocenters. The molecule has 0 aliphatic carbocycles. The molecule has 1 amide bonds. The third-order valence-electron chi connectivity index (χ3n) is 3.90. The van der Waals surface area contributed by atoms with E-state index in [9.17, 15) is 21.6 Å². The molecule has 0 bridgehead atoms. The molecule has 0 saturated heterocycles. The molecule has 0 fully saturated rings. The minimum atomic E-state index is -4.06. The van der Waals surface area contributed by atoms with E-state index in [1.54, 1.807) is 24.3 Å². The molecular weight excluding hydrogens is 388 g/mol. The van der Waals surface area contributed by atoms with Gasteiger partial charge < -0.3 is 0 Å². The summed E-state index contributed by atoms with van der Waals surface area (Å²) >= 11 is 0. The molecular formula is C18H22N2O5S2. The lowest BCUT2D eigenvalue weighted by Crippen LogP contribution is -2.41. The number of nitrogens with one attached hydrogen (secondary N) is 1. The van der Waals surface area contributed by atoms with Gasteiger partial charge in [0.05, 0.1) is 16.3 Å². The number of sulfonamides is 2. The van der Waals surface area contributed by atoms with Crippen molar-refractivity contribution in [3.63, 3.8) is 0 Å². The highest BCUT2D eigenvalue weighted by Gasteiger charge is 2.27. The summed E-state index contributed by atoms with van der Waals surface area (Å²) in [7, 11) is -7.85. The van der Waals surface area contributed by atoms with E-state index >= 15 is 0 Å². The Kier molecular flexibility index (Phi) is 6.40. The highest BCUT2D eigenvalue weighted by atomic mass is 32.2. The van der Waals surface area contributed by atoms with Gasteiger partial charge in [0.25, 0.3) is 10.0 Å². The van der Waals surface area contributed by atoms with Crippen LogP contribution in [0.3, 0.4) is 0 Å². The quantitative estimate of drug-likeness (QED) is 0.750. The van der Waals surface area contributed by atoms with Gasteiger partial charge in [0.15, 0.2) is 0 Å². The summed E-state index contributed by atoms with van der Waals surface area (Å²) in [5.41, 5.74) is 1.80. The number of hydrogen-bond acceptors (Lipinski definition) is 5. The molecule has 2 rings (SSSR count). The first-order chi connectivity index (χ1) is 12.5. The molecule has 0 aliphatic rings. The number of carbonyl (C=O) groups is 1. The number of amides is 1. The zero-order chi connectivity index (χ0) is 20.2. The summed E-state index contributed by atoms with van der Waals surface area (Å²) in [6, 6.07) is 12.3. The third-order valence-corrected chi connectivity index (χ3v) is 7.26. The van der Waals surface area contributed by atoms with Crippen LogP contribution in [0.15, 0.2) is 58.3 Å². The van der Waals surface area contributed by atoms with Crippen LogP contribution in [0.2, 0.25) is 0 Å². The van der Waals surface area contributed by atoms with Gasteiger partial charge in [-0.1, -0.05) is 35.4 Å². The van der Waals surface area contributed by atoms with Crippen LogP contribution in [0, 0.1) is 13.8 Å². The van der Waals surface area contributed by atoms with Gasteiger partial charge in [-0.25, -0.2) is 25.9 Å². The van der Waals surface area contributed by atoms with Crippen molar-refractivity contribution < 1.29 is 21.6 Å². The monoisotopic (exact) mass is 410 g/mol. The maximum absolute atomic E-state index is 12.7. The summed E-state index contributed by atoms with van der Waals surface area (Å²) in [4.78, 5) is 11.9. The molecule has 9 heteroatoms. The van der Waals surface area contributed by atoms with Gasteiger partial charge in [-0.3, -0.25) is 4.79 Å². The standard InChI is InChI=1S/C18H22N2O5S2/c1-14-4-8-17(9-5-14)26(22,23)19-12-13-20(16(3)21)27(24,25)18-10-6-15(2)7-11-18/h4-11,19H,12-13H2,1-3H3. The molecule has 0 aliphatic heterocycles. The molecule has 0 aromatic heterocycles. The summed E-state index contributed by atoms with van der Waals surface area (Å²) in [5.74, 6) is -0.690. The smallest absolute Gasteiger partial charge is 0.266 e. The number of hydrogen-bond donors (Lipinski definition) is 1. The molecule has 27 heavy (non-hydrogen) atoms. The molecule has 0 unspecified atom stereocenters. The molecule has 146 valence electrons. The van der Waals surface area contributed by atoms with Crippen LogP contribution in [0.5, 0.6) is 0 Å². The van der Waals surface area contributed by atoms with Crippen LogP contribution in [-0.2, 0) is 24.8 Å². The van der Waals surface area contributed by atoms with E-state index in [-0.39, 0.29) is 22.9 Å². The van der Waals surface area contributed by atoms with Gasteiger partial charge in [0.2, 0.25) is 15.9 Å². The van der Waals surface area contributed by atoms with Crippen LogP contribution in [0.25, 0.3) is 0 Å². The Labute approximate surface area is 160 Å². The Bertz CT molecular complexity index is 1010. The number of nitrogens with zero attached hydrogens (tertiary/aromatic N) is 1. The van der Waals surface area contributed by atoms with Crippen molar-refractivity contribution in [2.75, 3.05) is 13.1 Å². The Morgan fingerprint density at radius 2 is 1.30 bits per heavy atom. The van der Waals surface area contributed by atoms with Crippen LogP contribution >= 0.6 is 0 Å². The first-order valence-electron chi connectivity index (χ1n) is 8.20. The van der Waals surface area contributed by atoms with E-state index in [2.05, 4.69) is 4.72 Å². The molecule has 1 N–H and O–H groups in total. The number of aryl methyl sites for hydroxylation is 2. The first-order valence-corrected chi connectivity index (χ1v) is 11.1. The predicted octanol–water partition coefficient (Wildman–Crippen LogP) is 1.82. The van der Waals surface area contributed by atoms with Gasteiger partial charge in [-0.05, 0) is 38.1 Å². The minimum absolute atomic E-state index is 0.0234. The van der Waals surface area contributed by atoms with Gasteiger partial charge >= 0.3 is 0 Å². The molecule has 0 saturated carbocycles. The maximum Gasteiger partial charge on any atom is 0.266 e. The average molecular weight is 411 g/mol. The van der Waals surface area contributed by atoms with Crippen LogP contribution in [0.4, 0.5) is 0 Å². The van der Waals surface area contributed by atoms with E-state index in [0.29, 0.717) is 4.31 Å². The number of benzene rings is 2. The van der Waals surface area contributed by atoms with Gasteiger partial charge in [-0.15, -0.1) is 0 Å². The Balaban J connectivity index is 2.14. The van der Waals surface area contributed by atoms with E-state index in [0.717, 1.165) is 18.1 Å². The van der Waals surface area contributed by atoms with Crippen LogP contribution < -0.4 is 4.72 Å². The number of carbonyl (C=O) groups excluding carboxylic acids is 1. The van der Waals surface area contributed by atoms with Gasteiger partial charge in [-0.2, -0.15) is 0 Å². The second-order valence-electron chi connectivity index (χ2n) is 6.12. The predicted molar refractivity (Wildman–Crippen MR) is 102 cm³/mol. The normalized spacial score (nSPS) is 12.0. The van der Waals surface area contributed by atoms with Crippen molar-refractivity contribution in [3.8, 4) is 0 Å². The second-order valence-corrected chi connectivity index (χ2v) is 9.75. The summed E-state index contributed by atoms with van der Waals surface area (Å²) in [5, 5.41) is 0. The third kappa shape index (κ3) is 5.15. The highest BCUT2D eigenvalue weighted by Crippen LogP contribution is 2.16. The van der Waals surface area contributed by atoms with E-state index in [4.69, 9.17) is 0 Å². The second kappa shape index (κ2) is 8.20. The Morgan fingerprint density at radius 3 is 1.74 bits per heavy atom. The fraction of sp³-hybridized carbons (Fsp3) is 0.278. The summed E-state index contributed by atoms with van der Waals surface area (Å²) < 4.78 is 52.9. The van der Waals surface area contributed by atoms with E-state index < -0.39 is 26.0 Å². The molecule has 7 nitrogen and oxygen atoms in total. The Morgan fingerprint density at radius 1 is 0.852 bits per heavy atom. The molecule has 0 heterocycles. The van der Waals surface area contributed by atoms with Gasteiger partial charge in [0, 0.05) is 13.5 Å². The molecule has 0 radical (unpaired) electrons. The SMILES string of the molecule is CC(=O)N(CCNS(=O)(=O)c1ccc(C)cc1)S(=O)(=O)c1ccc(C)cc1. The van der Waals surface area contributed by atoms with Gasteiger partial charge in [0.1, 0.15) is 0 Å². The molecule has 2 aromatic rings. The zero-order valence-corrected chi connectivity index (χ0v) is 17.0. The van der Waals surface area contributed by atoms with Crippen molar-refractivity contribution in [1.29, 1.82) is 0 Å². The lowest BCUT2D eigenvalue weighted by Gasteiger charge is -2.21.